The molecule has 2 aliphatic rings. The lowest BCUT2D eigenvalue weighted by Gasteiger charge is -2.17. The van der Waals surface area contributed by atoms with E-state index in [4.69, 9.17) is 15.6 Å². The second kappa shape index (κ2) is 11.9. The van der Waals surface area contributed by atoms with Crippen LogP contribution < -0.4 is 21.7 Å². The molecule has 0 radical (unpaired) electrons. The number of nitrogens with two attached hydrogens (primary N) is 1. The minimum Gasteiger partial charge on any atom is -0.480 e. The van der Waals surface area contributed by atoms with Crippen LogP contribution in [0.25, 0.3) is 0 Å². The second-order valence-corrected chi connectivity index (χ2v) is 7.81. The molecule has 0 heterocycles. The number of aliphatic carboxylic acids is 1. The first-order chi connectivity index (χ1) is 14.8. The summed E-state index contributed by atoms with van der Waals surface area (Å²) in [6, 6.07) is -1.16. The summed E-state index contributed by atoms with van der Waals surface area (Å²) in [4.78, 5) is 57.6. The van der Waals surface area contributed by atoms with Crippen molar-refractivity contribution in [2.75, 3.05) is 19.7 Å². The maximum Gasteiger partial charge on any atom is 0.407 e. The summed E-state index contributed by atoms with van der Waals surface area (Å²) >= 11 is 0. The molecule has 172 valence electrons. The molecule has 0 aliphatic heterocycles. The van der Waals surface area contributed by atoms with Gasteiger partial charge in [-0.25, -0.2) is 4.79 Å². The molecular weight excluding hydrogens is 408 g/mol. The Morgan fingerprint density at radius 2 is 1.68 bits per heavy atom. The predicted octanol–water partition coefficient (Wildman–Crippen LogP) is -0.344. The van der Waals surface area contributed by atoms with Crippen LogP contribution in [0.5, 0.6) is 0 Å². The van der Waals surface area contributed by atoms with Crippen LogP contribution in [0.3, 0.4) is 0 Å². The van der Waals surface area contributed by atoms with E-state index in [0.717, 1.165) is 25.7 Å². The molecule has 4 amide bonds. The Kier molecular flexibility index (Phi) is 9.29. The van der Waals surface area contributed by atoms with E-state index in [2.05, 4.69) is 28.1 Å². The molecule has 6 N–H and O–H groups in total. The molecule has 11 nitrogen and oxygen atoms in total. The minimum absolute atomic E-state index is 0.101. The number of carboxylic acids is 1. The number of hydrogen-bond acceptors (Lipinski definition) is 6. The maximum atomic E-state index is 12.1. The van der Waals surface area contributed by atoms with E-state index in [1.54, 1.807) is 0 Å². The number of amides is 4. The molecule has 2 aliphatic carbocycles. The molecule has 1 fully saturated rings. The van der Waals surface area contributed by atoms with Crippen LogP contribution in [0.15, 0.2) is 12.2 Å². The molecule has 0 aromatic heterocycles. The fourth-order valence-electron chi connectivity index (χ4n) is 3.90. The lowest BCUT2D eigenvalue weighted by atomic mass is 10.1. The number of fused-ring (bicyclic) bond motifs is 1. The number of carbonyl (C=O) groups is 5. The van der Waals surface area contributed by atoms with Gasteiger partial charge < -0.3 is 31.5 Å². The lowest BCUT2D eigenvalue weighted by Crippen LogP contribution is -2.50. The zero-order valence-corrected chi connectivity index (χ0v) is 17.3. The van der Waals surface area contributed by atoms with Crippen molar-refractivity contribution in [3.05, 3.63) is 12.2 Å². The standard InChI is InChI=1S/C20H30N4O7/c21-16(25)8-7-15(19(29)22-10-18(27)28)24-17(26)9-23-20(30)31-11-14-12-5-3-1-2-4-6-13(12)14/h1-2,12-15H,3-11H2,(H2,21,25)(H,22,29)(H,23,30)(H,24,26)(H,27,28)/b2-1-/t12-,13+,14?,15-/m0/s1. The van der Waals surface area contributed by atoms with Gasteiger partial charge in [0.05, 0.1) is 6.61 Å². The summed E-state index contributed by atoms with van der Waals surface area (Å²) in [6.07, 6.45) is 7.65. The number of nitrogens with one attached hydrogen (secondary N) is 3. The van der Waals surface area contributed by atoms with Crippen LogP contribution >= 0.6 is 0 Å². The number of carboxylic acid groups (broad SMARTS) is 1. The minimum atomic E-state index is -1.25. The number of ether oxygens (including phenoxy) is 1. The smallest absolute Gasteiger partial charge is 0.407 e. The Labute approximate surface area is 180 Å². The van der Waals surface area contributed by atoms with Crippen molar-refractivity contribution in [3.63, 3.8) is 0 Å². The van der Waals surface area contributed by atoms with Gasteiger partial charge in [-0.2, -0.15) is 0 Å². The van der Waals surface area contributed by atoms with Gasteiger partial charge in [0.2, 0.25) is 17.7 Å². The zero-order valence-electron chi connectivity index (χ0n) is 17.3. The number of alkyl carbamates (subject to hydrolysis) is 1. The highest BCUT2D eigenvalue weighted by atomic mass is 16.5. The monoisotopic (exact) mass is 438 g/mol. The van der Waals surface area contributed by atoms with E-state index in [0.29, 0.717) is 24.4 Å². The fourth-order valence-corrected chi connectivity index (χ4v) is 3.90. The second-order valence-electron chi connectivity index (χ2n) is 7.81. The largest absolute Gasteiger partial charge is 0.480 e. The summed E-state index contributed by atoms with van der Waals surface area (Å²) in [5, 5.41) is 15.4. The number of carbonyl (C=O) groups excluding carboxylic acids is 4. The molecule has 2 rings (SSSR count). The molecule has 0 aromatic rings. The van der Waals surface area contributed by atoms with Gasteiger partial charge in [-0.15, -0.1) is 0 Å². The third kappa shape index (κ3) is 8.65. The van der Waals surface area contributed by atoms with E-state index in [-0.39, 0.29) is 12.8 Å². The number of hydrogen-bond donors (Lipinski definition) is 5. The highest BCUT2D eigenvalue weighted by Gasteiger charge is 2.49. The Hall–Kier alpha value is -3.11. The first-order valence-electron chi connectivity index (χ1n) is 10.4. The van der Waals surface area contributed by atoms with Gasteiger partial charge in [0, 0.05) is 6.42 Å². The summed E-state index contributed by atoms with van der Waals surface area (Å²) < 4.78 is 5.23. The number of allylic oxidation sites excluding steroid dienone is 2. The summed E-state index contributed by atoms with van der Waals surface area (Å²) in [5.74, 6) is -1.86. The van der Waals surface area contributed by atoms with Gasteiger partial charge in [0.15, 0.2) is 0 Å². The highest BCUT2D eigenvalue weighted by Crippen LogP contribution is 2.52. The average molecular weight is 438 g/mol. The SMILES string of the molecule is NC(=O)CC[C@H](NC(=O)CNC(=O)OCC1[C@H]2CC/C=C\CC[C@@H]12)C(=O)NCC(=O)O. The van der Waals surface area contributed by atoms with Crippen molar-refractivity contribution in [2.24, 2.45) is 23.5 Å². The molecule has 0 bridgehead atoms. The van der Waals surface area contributed by atoms with E-state index >= 15 is 0 Å². The van der Waals surface area contributed by atoms with Crippen LogP contribution in [0.4, 0.5) is 4.79 Å². The molecule has 0 saturated heterocycles. The first kappa shape index (κ1) is 24.2. The van der Waals surface area contributed by atoms with Crippen molar-refractivity contribution in [2.45, 2.75) is 44.6 Å². The van der Waals surface area contributed by atoms with Crippen LogP contribution in [-0.4, -0.2) is 60.6 Å². The number of rotatable bonds is 11. The normalized spacial score (nSPS) is 23.7. The topological polar surface area (TPSA) is 177 Å². The zero-order chi connectivity index (χ0) is 22.8. The maximum absolute atomic E-state index is 12.1. The van der Waals surface area contributed by atoms with Crippen LogP contribution in [-0.2, 0) is 23.9 Å². The van der Waals surface area contributed by atoms with E-state index < -0.39 is 48.9 Å². The molecule has 0 spiro atoms. The Morgan fingerprint density at radius 1 is 1.03 bits per heavy atom. The first-order valence-corrected chi connectivity index (χ1v) is 10.4. The van der Waals surface area contributed by atoms with Gasteiger partial charge in [0.25, 0.3) is 0 Å². The third-order valence-electron chi connectivity index (χ3n) is 5.55. The van der Waals surface area contributed by atoms with Crippen LogP contribution in [0.2, 0.25) is 0 Å². The van der Waals surface area contributed by atoms with Crippen LogP contribution in [0.1, 0.15) is 38.5 Å². The van der Waals surface area contributed by atoms with Crippen molar-refractivity contribution >= 4 is 29.8 Å². The molecule has 0 aromatic carbocycles. The number of primary amides is 1. The van der Waals surface area contributed by atoms with E-state index in [9.17, 15) is 24.0 Å². The molecule has 4 atom stereocenters. The average Bonchev–Trinajstić information content (AvgIpc) is 3.34. The molecule has 11 heteroatoms. The summed E-state index contributed by atoms with van der Waals surface area (Å²) in [7, 11) is 0. The van der Waals surface area contributed by atoms with Gasteiger partial charge in [-0.05, 0) is 49.9 Å². The fraction of sp³-hybridized carbons (Fsp3) is 0.650. The highest BCUT2D eigenvalue weighted by molar-refractivity contribution is 5.91. The van der Waals surface area contributed by atoms with Crippen molar-refractivity contribution in [1.29, 1.82) is 0 Å². The van der Waals surface area contributed by atoms with Gasteiger partial charge in [-0.3, -0.25) is 19.2 Å². The van der Waals surface area contributed by atoms with Crippen molar-refractivity contribution in [3.8, 4) is 0 Å². The predicted molar refractivity (Wildman–Crippen MR) is 108 cm³/mol. The molecule has 1 saturated carbocycles. The van der Waals surface area contributed by atoms with Gasteiger partial charge >= 0.3 is 12.1 Å². The molecule has 1 unspecified atom stereocenters. The van der Waals surface area contributed by atoms with Crippen molar-refractivity contribution < 1.29 is 33.8 Å². The van der Waals surface area contributed by atoms with Crippen molar-refractivity contribution in [1.82, 2.24) is 16.0 Å². The van der Waals surface area contributed by atoms with E-state index in [1.165, 1.54) is 0 Å². The Morgan fingerprint density at radius 3 is 2.26 bits per heavy atom. The van der Waals surface area contributed by atoms with Crippen LogP contribution in [0, 0.1) is 17.8 Å². The van der Waals surface area contributed by atoms with Gasteiger partial charge in [0.1, 0.15) is 19.1 Å². The van der Waals surface area contributed by atoms with Gasteiger partial charge in [-0.1, -0.05) is 12.2 Å². The summed E-state index contributed by atoms with van der Waals surface area (Å²) in [6.45, 7) is -0.757. The Balaban J connectivity index is 1.70. The molecular formula is C20H30N4O7. The Bertz CT molecular complexity index is 708. The third-order valence-corrected chi connectivity index (χ3v) is 5.55. The quantitative estimate of drug-likeness (QED) is 0.274. The molecule has 31 heavy (non-hydrogen) atoms. The summed E-state index contributed by atoms with van der Waals surface area (Å²) in [5.41, 5.74) is 5.06. The lowest BCUT2D eigenvalue weighted by molar-refractivity contribution is -0.138. The van der Waals surface area contributed by atoms with E-state index in [1.807, 2.05) is 0 Å².